The Labute approximate surface area is 743 Å². The Morgan fingerprint density at radius 1 is 0.382 bits per heavy atom. The van der Waals surface area contributed by atoms with Gasteiger partial charge < -0.3 is 97.6 Å². The maximum Gasteiger partial charge on any atom is 0.434 e. The predicted molar refractivity (Wildman–Crippen MR) is 492 cm³/mol. The molecule has 131 heavy (non-hydrogen) atoms. The van der Waals surface area contributed by atoms with E-state index in [1.54, 1.807) is 76.4 Å². The molecule has 10 N–H and O–H groups in total. The molecule has 0 aliphatic carbocycles. The van der Waals surface area contributed by atoms with Crippen LogP contribution in [0.3, 0.4) is 0 Å². The normalized spacial score (nSPS) is 11.7. The van der Waals surface area contributed by atoms with Gasteiger partial charge in [-0.05, 0) is 149 Å². The third-order valence-corrected chi connectivity index (χ3v) is 22.5. The van der Waals surface area contributed by atoms with Crippen LogP contribution in [0.15, 0.2) is 184 Å². The molecule has 3 amide bonds. The van der Waals surface area contributed by atoms with Crippen molar-refractivity contribution in [1.82, 2.24) is 114 Å². The van der Waals surface area contributed by atoms with E-state index in [4.69, 9.17) is 23.7 Å². The molecule has 0 unspecified atom stereocenters. The number of hydrogen-bond acceptors (Lipinski definition) is 21. The minimum atomic E-state index is -4.54. The molecule has 0 spiro atoms. The van der Waals surface area contributed by atoms with E-state index in [0.29, 0.717) is 67.6 Å². The Balaban J connectivity index is 0.000000120. The van der Waals surface area contributed by atoms with Crippen LogP contribution in [0, 0.1) is 11.3 Å². The first kappa shape index (κ1) is 88.0. The van der Waals surface area contributed by atoms with Gasteiger partial charge >= 0.3 is 6.18 Å². The SMILES string of the molecule is CNC(=O)c1ncnc2[nH]c(-c3cn(C)c4ccc(OC)cc34)cc12.COc1ccc2c(c1)c(-c1cc3c(C#N)ncnc3[nH]1)cn2C.COc1ccc2c(c1)c(-c1cc3c(C(=O)NC(C)(C)CO)ncnc3[nH]1)cn2C.COc1ccc2c(c1)c(-c1cc3c(C(F)(F)F)ncnc3[nH]1)cn2C.COc1ncnc2[nH]c(-c3cn(C)c4ccc(C(=O)NC(C)(C)CO)cc34)cc12. The number of nitriles is 1. The second-order valence-electron chi connectivity index (χ2n) is 32.2. The van der Waals surface area contributed by atoms with E-state index >= 15 is 0 Å². The summed E-state index contributed by atoms with van der Waals surface area (Å²) in [5.74, 6) is 2.72. The summed E-state index contributed by atoms with van der Waals surface area (Å²) < 4.78 is 76.2. The van der Waals surface area contributed by atoms with Gasteiger partial charge in [0.25, 0.3) is 17.7 Å². The Bertz CT molecular complexity index is 7860. The summed E-state index contributed by atoms with van der Waals surface area (Å²) in [6.45, 7) is 6.72. The van der Waals surface area contributed by atoms with Gasteiger partial charge in [-0.15, -0.1) is 0 Å². The van der Waals surface area contributed by atoms with Crippen LogP contribution in [0.5, 0.6) is 28.9 Å². The number of aliphatic hydroxyl groups excluding tert-OH is 2. The zero-order chi connectivity index (χ0) is 92.8. The largest absolute Gasteiger partial charge is 0.497 e. The minimum Gasteiger partial charge on any atom is -0.497 e. The van der Waals surface area contributed by atoms with Crippen molar-refractivity contribution in [2.45, 2.75) is 44.9 Å². The van der Waals surface area contributed by atoms with Crippen molar-refractivity contribution < 1.29 is 61.5 Å². The lowest BCUT2D eigenvalue weighted by molar-refractivity contribution is -0.139. The van der Waals surface area contributed by atoms with Crippen molar-refractivity contribution in [3.63, 3.8) is 0 Å². The molecule has 37 heteroatoms. The summed E-state index contributed by atoms with van der Waals surface area (Å²) in [6, 6.07) is 40.2. The van der Waals surface area contributed by atoms with E-state index in [2.05, 4.69) is 106 Å². The van der Waals surface area contributed by atoms with Gasteiger partial charge in [-0.3, -0.25) is 14.4 Å². The number of amides is 3. The number of aliphatic hydroxyl groups is 2. The maximum absolute atomic E-state index is 13.2. The number of alkyl halides is 3. The summed E-state index contributed by atoms with van der Waals surface area (Å²) in [5, 5.41) is 44.0. The number of fused-ring (bicyclic) bond motifs is 10. The van der Waals surface area contributed by atoms with Gasteiger partial charge in [-0.2, -0.15) is 18.4 Å². The summed E-state index contributed by atoms with van der Waals surface area (Å²) in [4.78, 5) is 94.3. The van der Waals surface area contributed by atoms with Crippen LogP contribution in [0.4, 0.5) is 13.2 Å². The lowest BCUT2D eigenvalue weighted by atomic mass is 10.0. The fourth-order valence-corrected chi connectivity index (χ4v) is 15.8. The van der Waals surface area contributed by atoms with Crippen LogP contribution in [0.1, 0.15) is 70.4 Å². The number of hydrogen-bond donors (Lipinski definition) is 10. The molecule has 0 aliphatic rings. The van der Waals surface area contributed by atoms with Crippen LogP contribution in [0.2, 0.25) is 0 Å². The molecule has 666 valence electrons. The monoisotopic (exact) mass is 1770 g/mol. The summed E-state index contributed by atoms with van der Waals surface area (Å²) in [6.07, 6.45) is 12.0. The topological polar surface area (TPSA) is 430 Å². The summed E-state index contributed by atoms with van der Waals surface area (Å²) in [5.41, 5.74) is 15.7. The second-order valence-corrected chi connectivity index (χ2v) is 32.2. The van der Waals surface area contributed by atoms with Gasteiger partial charge in [-0.1, -0.05) is 0 Å². The first-order valence-corrected chi connectivity index (χ1v) is 40.8. The number of benzene rings is 5. The second kappa shape index (κ2) is 35.4. The van der Waals surface area contributed by atoms with Crippen LogP contribution in [-0.2, 0) is 41.4 Å². The number of rotatable bonds is 17. The lowest BCUT2D eigenvalue weighted by Gasteiger charge is -2.23. The first-order valence-electron chi connectivity index (χ1n) is 40.8. The van der Waals surface area contributed by atoms with E-state index in [1.807, 2.05) is 189 Å². The number of aryl methyl sites for hydroxylation is 5. The van der Waals surface area contributed by atoms with Gasteiger partial charge in [0.15, 0.2) is 11.4 Å². The Hall–Kier alpha value is -16.5. The molecular weight excluding hydrogens is 1680 g/mol. The molecule has 20 aromatic rings. The molecule has 5 aromatic carbocycles. The number of carbonyl (C=O) groups excluding carboxylic acids is 3. The molecule has 0 radical (unpaired) electrons. The molecule has 15 aromatic heterocycles. The molecule has 0 saturated carbocycles. The van der Waals surface area contributed by atoms with Crippen molar-refractivity contribution in [3.8, 4) is 91.2 Å². The highest BCUT2D eigenvalue weighted by Crippen LogP contribution is 2.42. The molecule has 0 fully saturated rings. The number of carbonyl (C=O) groups is 3. The van der Waals surface area contributed by atoms with E-state index < -0.39 is 22.9 Å². The van der Waals surface area contributed by atoms with Crippen LogP contribution in [0.25, 0.3) is 166 Å². The van der Waals surface area contributed by atoms with Gasteiger partial charge in [-0.25, -0.2) is 49.8 Å². The van der Waals surface area contributed by atoms with E-state index in [0.717, 1.165) is 139 Å². The number of halogens is 3. The Kier molecular flexibility index (Phi) is 23.8. The smallest absolute Gasteiger partial charge is 0.434 e. The first-order chi connectivity index (χ1) is 62.9. The number of methoxy groups -OCH3 is 5. The summed E-state index contributed by atoms with van der Waals surface area (Å²) >= 11 is 0. The van der Waals surface area contributed by atoms with Crippen molar-refractivity contribution in [2.24, 2.45) is 35.2 Å². The van der Waals surface area contributed by atoms with E-state index in [1.165, 1.54) is 31.4 Å². The molecular formula is C94H89F3N24O10. The van der Waals surface area contributed by atoms with E-state index in [-0.39, 0.29) is 47.7 Å². The van der Waals surface area contributed by atoms with Crippen molar-refractivity contribution in [3.05, 3.63) is 212 Å². The Morgan fingerprint density at radius 3 is 1.06 bits per heavy atom. The standard InChI is InChI=1S/2C21H23N5O3.C18H17N5O2.C17H13F3N4O.C17H13N5O/c1-21(2,10-27)25-20(28)18-14-8-16(24-19(14)23-11-22-18)15-9-26(3)17-6-5-12(29-4)7-13(15)17;1-21(2,10-27)25-19(28)12-5-6-17-13(7-12)15(9-26(17)3)16-8-14-18(24-16)22-11-23-20(14)29-4;1-19-18(24)16-12-7-14(22-17(12)21-9-20-16)13-8-23(2)15-5-4-10(25-3)6-11(13)15;1-24-7-12(10-5-9(25-2)3-4-14(10)24)13-6-11-15(17(18,19)20)21-8-22-16(11)23-13;1-22-8-13(11-5-10(23-2)3-4-16(11)22)14-6-12-15(7-18)19-9-20-17(12)21-14/h2*5-9,11,27H,10H2,1-4H3,(H,25,28)(H,22,23,24);4-9H,1-3H3,(H,19,24)(H,20,21,22);3-8H,1-2H3,(H,21,22,23);3-6,8-9H,1-2H3,(H,19,20,21). The van der Waals surface area contributed by atoms with Gasteiger partial charge in [0.05, 0.1) is 92.5 Å². The number of nitrogens with one attached hydrogen (secondary N) is 8. The average Bonchev–Trinajstić information content (AvgIpc) is 1.59. The number of aromatic amines is 5. The number of H-pyrrole nitrogens is 5. The summed E-state index contributed by atoms with van der Waals surface area (Å²) in [7, 11) is 19.5. The molecule has 20 rings (SSSR count). The highest BCUT2D eigenvalue weighted by Gasteiger charge is 2.36. The van der Waals surface area contributed by atoms with Crippen molar-refractivity contribution in [1.29, 1.82) is 5.26 Å². The average molecular weight is 1770 g/mol. The van der Waals surface area contributed by atoms with Crippen LogP contribution < -0.4 is 39.6 Å². The third kappa shape index (κ3) is 17.2. The molecule has 34 nitrogen and oxygen atoms in total. The quantitative estimate of drug-likeness (QED) is 0.0405. The molecule has 0 bridgehead atoms. The predicted octanol–water partition coefficient (Wildman–Crippen LogP) is 14.9. The third-order valence-electron chi connectivity index (χ3n) is 22.5. The van der Waals surface area contributed by atoms with Crippen molar-refractivity contribution >= 4 is 127 Å². The lowest BCUT2D eigenvalue weighted by Crippen LogP contribution is -2.46. The maximum atomic E-state index is 13.2. The van der Waals surface area contributed by atoms with Crippen LogP contribution >= 0.6 is 0 Å². The highest BCUT2D eigenvalue weighted by molar-refractivity contribution is 6.10. The van der Waals surface area contributed by atoms with E-state index in [9.17, 15) is 43.0 Å². The number of ether oxygens (including phenoxy) is 5. The highest BCUT2D eigenvalue weighted by atomic mass is 19.4. The minimum absolute atomic E-state index is 0.0510. The Morgan fingerprint density at radius 2 is 0.695 bits per heavy atom. The molecule has 0 saturated heterocycles. The molecule has 0 atom stereocenters. The van der Waals surface area contributed by atoms with Gasteiger partial charge in [0.1, 0.15) is 100 Å². The fourth-order valence-electron chi connectivity index (χ4n) is 15.8. The van der Waals surface area contributed by atoms with Crippen molar-refractivity contribution in [2.75, 3.05) is 55.8 Å². The fraction of sp³-hybridized carbons (Fsp3) is 0.213. The van der Waals surface area contributed by atoms with Gasteiger partial charge in [0.2, 0.25) is 5.88 Å². The number of aromatic nitrogens is 20. The van der Waals surface area contributed by atoms with Crippen LogP contribution in [-0.4, -0.2) is 192 Å². The zero-order valence-corrected chi connectivity index (χ0v) is 73.7. The molecule has 0 aliphatic heterocycles. The molecule has 15 heterocycles. The zero-order valence-electron chi connectivity index (χ0n) is 73.7. The van der Waals surface area contributed by atoms with Gasteiger partial charge in [0, 0.05) is 184 Å². The number of nitrogens with zero attached hydrogens (tertiary/aromatic N) is 16.